The van der Waals surface area contributed by atoms with Crippen molar-refractivity contribution < 1.29 is 9.90 Å². The average molecular weight is 466 g/mol. The Morgan fingerprint density at radius 3 is 2.28 bits per heavy atom. The normalized spacial score (nSPS) is 19.5. The first-order valence-corrected chi connectivity index (χ1v) is 10.8. The van der Waals surface area contributed by atoms with E-state index in [1.54, 1.807) is 12.1 Å². The predicted octanol–water partition coefficient (Wildman–Crippen LogP) is 6.20. The lowest BCUT2D eigenvalue weighted by molar-refractivity contribution is 0.104. The van der Waals surface area contributed by atoms with Crippen molar-refractivity contribution in [3.05, 3.63) is 105 Å². The Labute approximate surface area is 183 Å². The fourth-order valence-corrected chi connectivity index (χ4v) is 4.91. The fraction of sp³-hybridized carbons (Fsp3) is 0.125. The maximum Gasteiger partial charge on any atom is 0.187 e. The number of hydrogen-bond acceptors (Lipinski definition) is 4. The molecule has 0 aromatic heterocycles. The lowest BCUT2D eigenvalue weighted by Gasteiger charge is -2.36. The molecule has 1 aliphatic heterocycles. The number of aryl methyl sites for hydroxylation is 2. The number of aliphatic hydroxyl groups is 1. The van der Waals surface area contributed by atoms with E-state index >= 15 is 0 Å². The molecule has 0 bridgehead atoms. The van der Waals surface area contributed by atoms with Gasteiger partial charge in [0.1, 0.15) is 0 Å². The molecule has 2 N–H and O–H groups in total. The van der Waals surface area contributed by atoms with E-state index in [-0.39, 0.29) is 5.78 Å². The Morgan fingerprint density at radius 2 is 1.62 bits per heavy atom. The van der Waals surface area contributed by atoms with Crippen LogP contribution in [0.5, 0.6) is 0 Å². The number of carbonyl (C=O) groups excluding carboxylic acids is 1. The molecule has 146 valence electrons. The highest BCUT2D eigenvalue weighted by molar-refractivity contribution is 9.10. The van der Waals surface area contributed by atoms with Crippen molar-refractivity contribution in [3.63, 3.8) is 0 Å². The Bertz CT molecular complexity index is 1110. The van der Waals surface area contributed by atoms with Gasteiger partial charge in [-0.05, 0) is 32.0 Å². The van der Waals surface area contributed by atoms with Crippen LogP contribution in [0.25, 0.3) is 0 Å². The molecule has 0 amide bonds. The Morgan fingerprint density at radius 1 is 1.00 bits per heavy atom. The summed E-state index contributed by atoms with van der Waals surface area (Å²) in [4.78, 5) is 12.4. The minimum atomic E-state index is -1.40. The third-order valence-corrected chi connectivity index (χ3v) is 6.69. The van der Waals surface area contributed by atoms with Gasteiger partial charge in [-0.2, -0.15) is 0 Å². The molecule has 1 unspecified atom stereocenters. The first-order chi connectivity index (χ1) is 13.8. The maximum absolute atomic E-state index is 12.9. The van der Waals surface area contributed by atoms with Crippen molar-refractivity contribution in [3.8, 4) is 0 Å². The highest BCUT2D eigenvalue weighted by Crippen LogP contribution is 2.51. The van der Waals surface area contributed by atoms with Crippen molar-refractivity contribution in [2.45, 2.75) is 23.7 Å². The molecule has 0 fully saturated rings. The molecular formula is C24H20BrNO2S. The predicted molar refractivity (Wildman–Crippen MR) is 122 cm³/mol. The molecule has 3 aromatic rings. The minimum Gasteiger partial charge on any atom is -0.370 e. The lowest BCUT2D eigenvalue weighted by atomic mass is 10.0. The summed E-state index contributed by atoms with van der Waals surface area (Å²) in [5.74, 6) is -0.154. The van der Waals surface area contributed by atoms with E-state index < -0.39 is 4.93 Å². The van der Waals surface area contributed by atoms with E-state index in [0.29, 0.717) is 16.8 Å². The smallest absolute Gasteiger partial charge is 0.187 e. The first kappa shape index (κ1) is 20.0. The molecule has 1 heterocycles. The molecule has 3 aromatic carbocycles. The standard InChI is InChI=1S/C24H20BrNO2S/c1-15-3-7-17(8-4-15)21(27)14-23-24(28,18-9-5-16(2)6-10-18)29-22-13-19(25)11-12-20(22)26-23/h3-14,26,28H,1-2H3/b23-14-. The number of allylic oxidation sites excluding steroid dienone is 1. The van der Waals surface area contributed by atoms with Crippen molar-refractivity contribution >= 4 is 39.2 Å². The van der Waals surface area contributed by atoms with Crippen molar-refractivity contribution in [2.24, 2.45) is 0 Å². The third-order valence-electron chi connectivity index (χ3n) is 4.89. The van der Waals surface area contributed by atoms with E-state index in [1.807, 2.05) is 68.4 Å². The number of fused-ring (bicyclic) bond motifs is 1. The topological polar surface area (TPSA) is 49.3 Å². The van der Waals surface area contributed by atoms with Crippen LogP contribution >= 0.6 is 27.7 Å². The molecular weight excluding hydrogens is 446 g/mol. The van der Waals surface area contributed by atoms with E-state index in [2.05, 4.69) is 21.2 Å². The van der Waals surface area contributed by atoms with Crippen LogP contribution in [0.4, 0.5) is 5.69 Å². The van der Waals surface area contributed by atoms with Gasteiger partial charge in [-0.3, -0.25) is 4.79 Å². The zero-order chi connectivity index (χ0) is 20.6. The quantitative estimate of drug-likeness (QED) is 0.357. The zero-order valence-corrected chi connectivity index (χ0v) is 18.5. The molecule has 0 spiro atoms. The summed E-state index contributed by atoms with van der Waals surface area (Å²) < 4.78 is 0.931. The second-order valence-corrected chi connectivity index (χ2v) is 9.32. The van der Waals surface area contributed by atoms with Crippen LogP contribution in [0.1, 0.15) is 27.0 Å². The number of nitrogens with one attached hydrogen (secondary N) is 1. The van der Waals surface area contributed by atoms with Gasteiger partial charge in [-0.15, -0.1) is 0 Å². The van der Waals surface area contributed by atoms with Gasteiger partial charge in [0.05, 0.1) is 11.4 Å². The molecule has 1 atom stereocenters. The van der Waals surface area contributed by atoms with E-state index in [4.69, 9.17) is 0 Å². The van der Waals surface area contributed by atoms with Crippen molar-refractivity contribution in [2.75, 3.05) is 5.32 Å². The van der Waals surface area contributed by atoms with Gasteiger partial charge in [0.15, 0.2) is 10.7 Å². The Kier molecular flexibility index (Phi) is 5.38. The molecule has 1 aliphatic rings. The highest BCUT2D eigenvalue weighted by Gasteiger charge is 2.40. The number of hydrogen-bond donors (Lipinski definition) is 2. The molecule has 0 aliphatic carbocycles. The average Bonchev–Trinajstić information content (AvgIpc) is 2.69. The summed E-state index contributed by atoms with van der Waals surface area (Å²) in [7, 11) is 0. The monoisotopic (exact) mass is 465 g/mol. The fourth-order valence-electron chi connectivity index (χ4n) is 3.19. The van der Waals surface area contributed by atoms with Gasteiger partial charge < -0.3 is 10.4 Å². The Hall–Kier alpha value is -2.34. The third kappa shape index (κ3) is 4.04. The van der Waals surface area contributed by atoms with Crippen LogP contribution in [-0.2, 0) is 4.93 Å². The van der Waals surface area contributed by atoms with Crippen LogP contribution < -0.4 is 5.32 Å². The number of benzene rings is 3. The zero-order valence-electron chi connectivity index (χ0n) is 16.1. The first-order valence-electron chi connectivity index (χ1n) is 9.23. The molecule has 29 heavy (non-hydrogen) atoms. The summed E-state index contributed by atoms with van der Waals surface area (Å²) in [5, 5.41) is 15.0. The van der Waals surface area contributed by atoms with Crippen LogP contribution in [-0.4, -0.2) is 10.9 Å². The Balaban J connectivity index is 1.81. The van der Waals surface area contributed by atoms with E-state index in [1.165, 1.54) is 17.8 Å². The molecule has 0 saturated carbocycles. The van der Waals surface area contributed by atoms with Gasteiger partial charge in [0.2, 0.25) is 0 Å². The highest BCUT2D eigenvalue weighted by atomic mass is 79.9. The summed E-state index contributed by atoms with van der Waals surface area (Å²) in [5.41, 5.74) is 4.81. The van der Waals surface area contributed by atoms with Gasteiger partial charge in [0.25, 0.3) is 0 Å². The van der Waals surface area contributed by atoms with Crippen LogP contribution in [0, 0.1) is 13.8 Å². The second kappa shape index (κ2) is 7.82. The van der Waals surface area contributed by atoms with Crippen molar-refractivity contribution in [1.82, 2.24) is 0 Å². The van der Waals surface area contributed by atoms with E-state index in [0.717, 1.165) is 26.2 Å². The van der Waals surface area contributed by atoms with Gasteiger partial charge in [0, 0.05) is 26.6 Å². The van der Waals surface area contributed by atoms with E-state index in [9.17, 15) is 9.90 Å². The lowest BCUT2D eigenvalue weighted by Crippen LogP contribution is -2.32. The molecule has 0 radical (unpaired) electrons. The van der Waals surface area contributed by atoms with Gasteiger partial charge >= 0.3 is 0 Å². The van der Waals surface area contributed by atoms with Gasteiger partial charge in [-0.1, -0.05) is 87.3 Å². The molecule has 3 nitrogen and oxygen atoms in total. The summed E-state index contributed by atoms with van der Waals surface area (Å²) in [6.07, 6.45) is 1.50. The summed E-state index contributed by atoms with van der Waals surface area (Å²) in [6, 6.07) is 21.0. The SMILES string of the molecule is Cc1ccc(C(=O)/C=C2\Nc3ccc(Br)cc3SC2(O)c2ccc(C)cc2)cc1. The largest absolute Gasteiger partial charge is 0.370 e. The number of ketones is 1. The number of halogens is 1. The molecule has 4 rings (SSSR count). The number of carbonyl (C=O) groups is 1. The summed E-state index contributed by atoms with van der Waals surface area (Å²) >= 11 is 4.82. The molecule has 0 saturated heterocycles. The van der Waals surface area contributed by atoms with Gasteiger partial charge in [-0.25, -0.2) is 0 Å². The minimum absolute atomic E-state index is 0.154. The maximum atomic E-state index is 12.9. The van der Waals surface area contributed by atoms with Crippen LogP contribution in [0.3, 0.4) is 0 Å². The number of thioether (sulfide) groups is 1. The number of anilines is 1. The van der Waals surface area contributed by atoms with Crippen LogP contribution in [0.2, 0.25) is 0 Å². The van der Waals surface area contributed by atoms with Crippen molar-refractivity contribution in [1.29, 1.82) is 0 Å². The summed E-state index contributed by atoms with van der Waals surface area (Å²) in [6.45, 7) is 3.99. The van der Waals surface area contributed by atoms with Crippen LogP contribution in [0.15, 0.2) is 87.9 Å². The molecule has 5 heteroatoms. The second-order valence-electron chi connectivity index (χ2n) is 7.17. The number of rotatable bonds is 3.